The number of sulfonamides is 1. The highest BCUT2D eigenvalue weighted by molar-refractivity contribution is 7.89. The topological polar surface area (TPSA) is 71.1 Å². The molecule has 0 spiro atoms. The zero-order valence-corrected chi connectivity index (χ0v) is 12.5. The molecule has 10 heteroatoms. The number of piperidine rings is 1. The van der Waals surface area contributed by atoms with Crippen LogP contribution in [0.1, 0.15) is 18.5 Å². The number of rotatable bonds is 3. The van der Waals surface area contributed by atoms with Gasteiger partial charge in [0.2, 0.25) is 10.0 Å². The van der Waals surface area contributed by atoms with Crippen molar-refractivity contribution in [3.05, 3.63) is 24.0 Å². The van der Waals surface area contributed by atoms with Gasteiger partial charge in [0, 0.05) is 18.8 Å². The highest BCUT2D eigenvalue weighted by atomic mass is 35.5. The Hall–Kier alpha value is -0.900. The van der Waals surface area contributed by atoms with Crippen molar-refractivity contribution >= 4 is 22.4 Å². The molecule has 1 aromatic heterocycles. The van der Waals surface area contributed by atoms with E-state index in [1.54, 1.807) is 0 Å². The molecule has 2 heterocycles. The summed E-state index contributed by atoms with van der Waals surface area (Å²) in [4.78, 5) is 2.88. The van der Waals surface area contributed by atoms with E-state index in [0.29, 0.717) is 19.0 Å². The minimum absolute atomic E-state index is 0. The van der Waals surface area contributed by atoms with Crippen LogP contribution in [0.2, 0.25) is 0 Å². The summed E-state index contributed by atoms with van der Waals surface area (Å²) in [5, 5.41) is 3.05. The largest absolute Gasteiger partial charge is 0.433 e. The van der Waals surface area contributed by atoms with E-state index in [1.807, 2.05) is 0 Å². The number of aromatic nitrogens is 1. The summed E-state index contributed by atoms with van der Waals surface area (Å²) in [5.74, 6) is 0. The van der Waals surface area contributed by atoms with Gasteiger partial charge in [-0.2, -0.15) is 13.2 Å². The highest BCUT2D eigenvalue weighted by Gasteiger charge is 2.32. The SMILES string of the molecule is Cl.O=S(=O)(NC1CCCNC1)c1ccc(C(F)(F)F)nc1. The molecule has 2 N–H and O–H groups in total. The maximum atomic E-state index is 12.4. The number of nitrogens with zero attached hydrogens (tertiary/aromatic N) is 1. The van der Waals surface area contributed by atoms with Gasteiger partial charge >= 0.3 is 6.18 Å². The zero-order valence-electron chi connectivity index (χ0n) is 10.9. The van der Waals surface area contributed by atoms with Gasteiger partial charge in [-0.3, -0.25) is 4.98 Å². The molecule has 1 fully saturated rings. The van der Waals surface area contributed by atoms with Gasteiger partial charge in [0.1, 0.15) is 10.6 Å². The van der Waals surface area contributed by atoms with Crippen molar-refractivity contribution < 1.29 is 21.6 Å². The summed E-state index contributed by atoms with van der Waals surface area (Å²) >= 11 is 0. The van der Waals surface area contributed by atoms with Gasteiger partial charge in [-0.05, 0) is 31.5 Å². The van der Waals surface area contributed by atoms with Crippen LogP contribution in [0.5, 0.6) is 0 Å². The Morgan fingerprint density at radius 3 is 2.52 bits per heavy atom. The maximum Gasteiger partial charge on any atom is 0.433 e. The Morgan fingerprint density at radius 1 is 1.33 bits per heavy atom. The van der Waals surface area contributed by atoms with Gasteiger partial charge in [0.25, 0.3) is 0 Å². The fourth-order valence-electron chi connectivity index (χ4n) is 1.95. The van der Waals surface area contributed by atoms with Crippen molar-refractivity contribution in [3.8, 4) is 0 Å². The third-order valence-corrected chi connectivity index (χ3v) is 4.46. The van der Waals surface area contributed by atoms with Crippen molar-refractivity contribution in [2.75, 3.05) is 13.1 Å². The molecular weight excluding hydrogens is 331 g/mol. The lowest BCUT2D eigenvalue weighted by molar-refractivity contribution is -0.141. The molecule has 1 aliphatic heterocycles. The second-order valence-corrected chi connectivity index (χ2v) is 6.26. The first-order valence-corrected chi connectivity index (χ1v) is 7.54. The van der Waals surface area contributed by atoms with Crippen LogP contribution in [0.4, 0.5) is 13.2 Å². The van der Waals surface area contributed by atoms with Crippen molar-refractivity contribution in [3.63, 3.8) is 0 Å². The van der Waals surface area contributed by atoms with E-state index in [1.165, 1.54) is 0 Å². The first kappa shape index (κ1) is 18.1. The fraction of sp³-hybridized carbons (Fsp3) is 0.545. The molecule has 5 nitrogen and oxygen atoms in total. The third kappa shape index (κ3) is 4.80. The summed E-state index contributed by atoms with van der Waals surface area (Å²) in [6.07, 6.45) is -2.32. The van der Waals surface area contributed by atoms with Crippen molar-refractivity contribution in [2.45, 2.75) is 30.0 Å². The monoisotopic (exact) mass is 345 g/mol. The minimum Gasteiger partial charge on any atom is -0.315 e. The number of pyridine rings is 1. The molecule has 1 saturated heterocycles. The zero-order chi connectivity index (χ0) is 14.8. The molecule has 120 valence electrons. The number of hydrogen-bond acceptors (Lipinski definition) is 4. The molecule has 0 radical (unpaired) electrons. The predicted octanol–water partition coefficient (Wildman–Crippen LogP) is 1.55. The maximum absolute atomic E-state index is 12.4. The quantitative estimate of drug-likeness (QED) is 0.872. The van der Waals surface area contributed by atoms with E-state index in [-0.39, 0.29) is 23.3 Å². The highest BCUT2D eigenvalue weighted by Crippen LogP contribution is 2.27. The minimum atomic E-state index is -4.58. The number of halogens is 4. The summed E-state index contributed by atoms with van der Waals surface area (Å²) in [7, 11) is -3.84. The Bertz CT molecular complexity index is 557. The molecule has 0 saturated carbocycles. The average molecular weight is 346 g/mol. The van der Waals surface area contributed by atoms with Crippen LogP contribution in [0.3, 0.4) is 0 Å². The van der Waals surface area contributed by atoms with E-state index in [0.717, 1.165) is 25.2 Å². The summed E-state index contributed by atoms with van der Waals surface area (Å²) in [5.41, 5.74) is -1.12. The van der Waals surface area contributed by atoms with Crippen molar-refractivity contribution in [2.24, 2.45) is 0 Å². The Labute approximate surface area is 126 Å². The molecule has 2 rings (SSSR count). The molecular formula is C11H15ClF3N3O2S. The molecule has 1 unspecified atom stereocenters. The van der Waals surface area contributed by atoms with Gasteiger partial charge in [-0.1, -0.05) is 0 Å². The Kier molecular flexibility index (Phi) is 5.97. The predicted molar refractivity (Wildman–Crippen MR) is 72.7 cm³/mol. The van der Waals surface area contributed by atoms with Gasteiger partial charge in [0.15, 0.2) is 0 Å². The van der Waals surface area contributed by atoms with Crippen LogP contribution in [-0.4, -0.2) is 32.5 Å². The lowest BCUT2D eigenvalue weighted by Crippen LogP contribution is -2.45. The van der Waals surface area contributed by atoms with Gasteiger partial charge < -0.3 is 5.32 Å². The molecule has 1 aliphatic rings. The van der Waals surface area contributed by atoms with Crippen LogP contribution in [0.15, 0.2) is 23.2 Å². The second kappa shape index (κ2) is 6.91. The second-order valence-electron chi connectivity index (χ2n) is 4.54. The lowest BCUT2D eigenvalue weighted by Gasteiger charge is -2.23. The molecule has 0 aliphatic carbocycles. The number of alkyl halides is 3. The van der Waals surface area contributed by atoms with Crippen LogP contribution >= 0.6 is 12.4 Å². The van der Waals surface area contributed by atoms with Crippen LogP contribution in [-0.2, 0) is 16.2 Å². The van der Waals surface area contributed by atoms with Crippen LogP contribution in [0.25, 0.3) is 0 Å². The average Bonchev–Trinajstić information content (AvgIpc) is 2.38. The molecule has 21 heavy (non-hydrogen) atoms. The Morgan fingerprint density at radius 2 is 2.05 bits per heavy atom. The molecule has 1 atom stereocenters. The van der Waals surface area contributed by atoms with Gasteiger partial charge in [-0.15, -0.1) is 12.4 Å². The van der Waals surface area contributed by atoms with E-state index >= 15 is 0 Å². The van der Waals surface area contributed by atoms with Gasteiger partial charge in [0.05, 0.1) is 0 Å². The Balaban J connectivity index is 0.00000220. The van der Waals surface area contributed by atoms with E-state index in [2.05, 4.69) is 15.0 Å². The standard InChI is InChI=1S/C11H14F3N3O2S.ClH/c12-11(13,14)10-4-3-9(7-16-10)20(18,19)17-8-2-1-5-15-6-8;/h3-4,7-8,15,17H,1-2,5-6H2;1H. The fourth-order valence-corrected chi connectivity index (χ4v) is 3.16. The summed E-state index contributed by atoms with van der Waals surface area (Å²) in [6, 6.07) is 1.32. The number of hydrogen-bond donors (Lipinski definition) is 2. The first-order chi connectivity index (χ1) is 9.29. The van der Waals surface area contributed by atoms with E-state index in [4.69, 9.17) is 0 Å². The van der Waals surface area contributed by atoms with Crippen LogP contribution in [0, 0.1) is 0 Å². The van der Waals surface area contributed by atoms with E-state index < -0.39 is 21.9 Å². The molecule has 1 aromatic rings. The van der Waals surface area contributed by atoms with Crippen molar-refractivity contribution in [1.29, 1.82) is 0 Å². The molecule has 0 bridgehead atoms. The lowest BCUT2D eigenvalue weighted by atomic mass is 10.1. The van der Waals surface area contributed by atoms with Gasteiger partial charge in [-0.25, -0.2) is 13.1 Å². The van der Waals surface area contributed by atoms with Crippen LogP contribution < -0.4 is 10.0 Å². The smallest absolute Gasteiger partial charge is 0.315 e. The first-order valence-electron chi connectivity index (χ1n) is 6.05. The number of nitrogens with one attached hydrogen (secondary N) is 2. The molecule has 0 aromatic carbocycles. The van der Waals surface area contributed by atoms with Crippen molar-refractivity contribution in [1.82, 2.24) is 15.0 Å². The van der Waals surface area contributed by atoms with E-state index in [9.17, 15) is 21.6 Å². The summed E-state index contributed by atoms with van der Waals surface area (Å²) in [6.45, 7) is 1.34. The normalized spacial score (nSPS) is 19.9. The summed E-state index contributed by atoms with van der Waals surface area (Å²) < 4.78 is 63.5. The molecule has 0 amide bonds. The third-order valence-electron chi connectivity index (χ3n) is 2.96.